The Labute approximate surface area is 224 Å². The SMILES string of the molecule is CC(C)COC(=O)Cl.O=C(O)COc1ccc(Cl)cc1Cc1cc(Cl)ccc1OCC(=O)NC1CC1. The van der Waals surface area contributed by atoms with Gasteiger partial charge in [-0.15, -0.1) is 0 Å². The number of carbonyl (C=O) groups is 3. The summed E-state index contributed by atoms with van der Waals surface area (Å²) in [7, 11) is 0. The van der Waals surface area contributed by atoms with Crippen LogP contribution in [0.4, 0.5) is 4.79 Å². The van der Waals surface area contributed by atoms with Crippen molar-refractivity contribution in [2.45, 2.75) is 39.2 Å². The molecule has 36 heavy (non-hydrogen) atoms. The molecule has 0 aliphatic heterocycles. The Morgan fingerprint density at radius 3 is 1.92 bits per heavy atom. The van der Waals surface area contributed by atoms with Gasteiger partial charge in [0.2, 0.25) is 0 Å². The maximum atomic E-state index is 11.9. The molecule has 0 radical (unpaired) electrons. The van der Waals surface area contributed by atoms with E-state index >= 15 is 0 Å². The number of benzene rings is 2. The molecule has 1 amide bonds. The van der Waals surface area contributed by atoms with Crippen LogP contribution in [0.3, 0.4) is 0 Å². The lowest BCUT2D eigenvalue weighted by Crippen LogP contribution is -2.30. The summed E-state index contributed by atoms with van der Waals surface area (Å²) >= 11 is 17.1. The second kappa shape index (κ2) is 14.8. The van der Waals surface area contributed by atoms with E-state index in [1.54, 1.807) is 36.4 Å². The number of halogens is 3. The molecule has 1 aliphatic carbocycles. The monoisotopic (exact) mass is 559 g/mol. The van der Waals surface area contributed by atoms with Crippen molar-refractivity contribution in [3.8, 4) is 11.5 Å². The molecule has 0 spiro atoms. The van der Waals surface area contributed by atoms with Gasteiger partial charge in [-0.25, -0.2) is 9.59 Å². The van der Waals surface area contributed by atoms with E-state index in [4.69, 9.17) is 49.4 Å². The summed E-state index contributed by atoms with van der Waals surface area (Å²) in [6, 6.07) is 10.3. The quantitative estimate of drug-likeness (QED) is 0.338. The van der Waals surface area contributed by atoms with Gasteiger partial charge in [0.15, 0.2) is 13.2 Å². The zero-order chi connectivity index (χ0) is 26.7. The van der Waals surface area contributed by atoms with Crippen LogP contribution < -0.4 is 14.8 Å². The van der Waals surface area contributed by atoms with E-state index < -0.39 is 18.0 Å². The highest BCUT2D eigenvalue weighted by Crippen LogP contribution is 2.31. The second-order valence-corrected chi connectivity index (χ2v) is 9.62. The predicted molar refractivity (Wildman–Crippen MR) is 138 cm³/mol. The van der Waals surface area contributed by atoms with E-state index in [0.717, 1.165) is 18.4 Å². The molecule has 0 atom stereocenters. The first-order valence-electron chi connectivity index (χ1n) is 11.2. The molecule has 3 rings (SSSR count). The lowest BCUT2D eigenvalue weighted by Gasteiger charge is -2.15. The van der Waals surface area contributed by atoms with E-state index in [9.17, 15) is 14.4 Å². The smallest absolute Gasteiger partial charge is 0.403 e. The van der Waals surface area contributed by atoms with Crippen molar-refractivity contribution in [2.24, 2.45) is 5.92 Å². The molecule has 1 aliphatic rings. The molecule has 2 N–H and O–H groups in total. The van der Waals surface area contributed by atoms with E-state index in [1.807, 2.05) is 13.8 Å². The van der Waals surface area contributed by atoms with Gasteiger partial charge < -0.3 is 24.6 Å². The van der Waals surface area contributed by atoms with Crippen LogP contribution in [0, 0.1) is 5.92 Å². The molecule has 0 saturated heterocycles. The number of carbonyl (C=O) groups excluding carboxylic acids is 2. The molecule has 2 aromatic rings. The van der Waals surface area contributed by atoms with Crippen molar-refractivity contribution in [3.63, 3.8) is 0 Å². The van der Waals surface area contributed by atoms with Gasteiger partial charge in [-0.2, -0.15) is 0 Å². The third-order valence-corrected chi connectivity index (χ3v) is 5.19. The molecule has 11 heteroatoms. The Morgan fingerprint density at radius 1 is 0.972 bits per heavy atom. The maximum absolute atomic E-state index is 11.9. The third-order valence-electron chi connectivity index (χ3n) is 4.61. The molecule has 1 fully saturated rings. The van der Waals surface area contributed by atoms with Crippen LogP contribution in [0.25, 0.3) is 0 Å². The van der Waals surface area contributed by atoms with E-state index in [1.165, 1.54) is 0 Å². The number of carboxylic acids is 1. The topological polar surface area (TPSA) is 111 Å². The molecule has 2 aromatic carbocycles. The lowest BCUT2D eigenvalue weighted by molar-refractivity contribution is -0.139. The number of nitrogens with one attached hydrogen (secondary N) is 1. The maximum Gasteiger partial charge on any atom is 0.403 e. The molecular weight excluding hydrogens is 533 g/mol. The number of hydrogen-bond donors (Lipinski definition) is 2. The average molecular weight is 561 g/mol. The Bertz CT molecular complexity index is 1060. The van der Waals surface area contributed by atoms with E-state index in [0.29, 0.717) is 46.1 Å². The predicted octanol–water partition coefficient (Wildman–Crippen LogP) is 5.72. The highest BCUT2D eigenvalue weighted by Gasteiger charge is 2.23. The molecule has 1 saturated carbocycles. The van der Waals surface area contributed by atoms with Crippen LogP contribution >= 0.6 is 34.8 Å². The summed E-state index contributed by atoms with van der Waals surface area (Å²) in [5.41, 5.74) is 0.691. The summed E-state index contributed by atoms with van der Waals surface area (Å²) in [4.78, 5) is 32.6. The lowest BCUT2D eigenvalue weighted by atomic mass is 10.0. The summed E-state index contributed by atoms with van der Waals surface area (Å²) in [5, 5.41) is 12.7. The van der Waals surface area contributed by atoms with Crippen LogP contribution in [0.2, 0.25) is 10.0 Å². The molecule has 196 valence electrons. The fourth-order valence-electron chi connectivity index (χ4n) is 2.87. The third kappa shape index (κ3) is 11.8. The van der Waals surface area contributed by atoms with Crippen molar-refractivity contribution in [1.29, 1.82) is 0 Å². The molecular formula is C25H28Cl3NO7. The van der Waals surface area contributed by atoms with Gasteiger partial charge in [-0.3, -0.25) is 4.79 Å². The highest BCUT2D eigenvalue weighted by molar-refractivity contribution is 6.61. The molecule has 0 bridgehead atoms. The number of carboxylic acid groups (broad SMARTS) is 1. The Morgan fingerprint density at radius 2 is 1.50 bits per heavy atom. The highest BCUT2D eigenvalue weighted by atomic mass is 35.5. The normalized spacial score (nSPS) is 12.3. The summed E-state index contributed by atoms with van der Waals surface area (Å²) in [6.45, 7) is 3.74. The second-order valence-electron chi connectivity index (χ2n) is 8.44. The van der Waals surface area contributed by atoms with Gasteiger partial charge >= 0.3 is 11.4 Å². The summed E-state index contributed by atoms with van der Waals surface area (Å²) in [6.07, 6.45) is 2.35. The zero-order valence-corrected chi connectivity index (χ0v) is 22.2. The van der Waals surface area contributed by atoms with Crippen LogP contribution in [0.1, 0.15) is 37.8 Å². The van der Waals surface area contributed by atoms with Crippen LogP contribution in [0.5, 0.6) is 11.5 Å². The summed E-state index contributed by atoms with van der Waals surface area (Å²) in [5.74, 6) is 0.0346. The number of rotatable bonds is 11. The standard InChI is InChI=1S/C20H19Cl2NO5.C5H9ClO2/c21-14-1-5-17(27-10-19(24)23-16-3-4-16)12(8-14)7-13-9-15(22)2-6-18(13)28-11-20(25)26;1-4(2)3-8-5(6)7/h1-2,5-6,8-9,16H,3-4,7,10-11H2,(H,23,24)(H,25,26);4H,3H2,1-2H3. The zero-order valence-electron chi connectivity index (χ0n) is 19.9. The first-order chi connectivity index (χ1) is 17.0. The van der Waals surface area contributed by atoms with Crippen molar-refractivity contribution in [1.82, 2.24) is 5.32 Å². The van der Waals surface area contributed by atoms with Gasteiger partial charge in [0.25, 0.3) is 5.91 Å². The van der Waals surface area contributed by atoms with Gasteiger partial charge in [-0.1, -0.05) is 37.0 Å². The minimum Gasteiger partial charge on any atom is -0.483 e. The molecule has 0 aromatic heterocycles. The number of ether oxygens (including phenoxy) is 3. The largest absolute Gasteiger partial charge is 0.483 e. The fourth-order valence-corrected chi connectivity index (χ4v) is 3.32. The fraction of sp³-hybridized carbons (Fsp3) is 0.400. The van der Waals surface area contributed by atoms with Crippen molar-refractivity contribution in [3.05, 3.63) is 57.6 Å². The number of amides is 1. The number of aliphatic carboxylic acids is 1. The Hall–Kier alpha value is -2.68. The number of hydrogen-bond acceptors (Lipinski definition) is 6. The van der Waals surface area contributed by atoms with Crippen molar-refractivity contribution in [2.75, 3.05) is 19.8 Å². The first-order valence-corrected chi connectivity index (χ1v) is 12.3. The van der Waals surface area contributed by atoms with Crippen LogP contribution in [0.15, 0.2) is 36.4 Å². The Balaban J connectivity index is 0.000000493. The molecule has 8 nitrogen and oxygen atoms in total. The van der Waals surface area contributed by atoms with E-state index in [-0.39, 0.29) is 18.6 Å². The van der Waals surface area contributed by atoms with Crippen LogP contribution in [-0.4, -0.2) is 48.3 Å². The Kier molecular flexibility index (Phi) is 12.1. The van der Waals surface area contributed by atoms with Gasteiger partial charge in [0, 0.05) is 45.2 Å². The van der Waals surface area contributed by atoms with Crippen LogP contribution in [-0.2, 0) is 20.7 Å². The minimum atomic E-state index is -1.07. The van der Waals surface area contributed by atoms with Gasteiger partial charge in [-0.05, 0) is 55.2 Å². The average Bonchev–Trinajstić information content (AvgIpc) is 3.61. The first kappa shape index (κ1) is 29.5. The minimum absolute atomic E-state index is 0.0942. The summed E-state index contributed by atoms with van der Waals surface area (Å²) < 4.78 is 15.5. The van der Waals surface area contributed by atoms with Crippen molar-refractivity contribution < 1.29 is 33.7 Å². The molecule has 0 heterocycles. The van der Waals surface area contributed by atoms with Gasteiger partial charge in [0.1, 0.15) is 11.5 Å². The van der Waals surface area contributed by atoms with E-state index in [2.05, 4.69) is 10.1 Å². The molecule has 0 unspecified atom stereocenters. The van der Waals surface area contributed by atoms with Crippen molar-refractivity contribution >= 4 is 52.1 Å². The van der Waals surface area contributed by atoms with Gasteiger partial charge in [0.05, 0.1) is 6.61 Å².